The molecule has 0 spiro atoms. The van der Waals surface area contributed by atoms with Crippen molar-refractivity contribution in [1.29, 1.82) is 0 Å². The third-order valence-electron chi connectivity index (χ3n) is 3.66. The molecule has 2 aromatic carbocycles. The van der Waals surface area contributed by atoms with Crippen molar-refractivity contribution < 1.29 is 4.79 Å². The lowest BCUT2D eigenvalue weighted by atomic mass is 9.97. The number of nitrogens with zero attached hydrogens (tertiary/aromatic N) is 1. The van der Waals surface area contributed by atoms with Gasteiger partial charge < -0.3 is 10.6 Å². The number of likely N-dealkylation sites (N-methyl/N-ethyl adjacent to an activating group) is 1. The van der Waals surface area contributed by atoms with Crippen molar-refractivity contribution in [2.24, 2.45) is 5.73 Å². The Morgan fingerprint density at radius 2 is 1.67 bits per heavy atom. The van der Waals surface area contributed by atoms with E-state index >= 15 is 0 Å². The summed E-state index contributed by atoms with van der Waals surface area (Å²) in [7, 11) is 1.81. The van der Waals surface area contributed by atoms with E-state index in [1.165, 1.54) is 0 Å². The lowest BCUT2D eigenvalue weighted by Gasteiger charge is -2.24. The molecule has 0 radical (unpaired) electrons. The first-order valence-electron chi connectivity index (χ1n) is 7.14. The van der Waals surface area contributed by atoms with Gasteiger partial charge in [0.2, 0.25) is 5.91 Å². The van der Waals surface area contributed by atoms with Gasteiger partial charge in [-0.3, -0.25) is 4.79 Å². The lowest BCUT2D eigenvalue weighted by Crippen LogP contribution is -2.35. The number of rotatable bonds is 4. The predicted molar refractivity (Wildman–Crippen MR) is 87.6 cm³/mol. The van der Waals surface area contributed by atoms with Crippen molar-refractivity contribution >= 4 is 11.6 Å². The smallest absolute Gasteiger partial charge is 0.235 e. The number of hydrogen-bond donors (Lipinski definition) is 1. The zero-order valence-corrected chi connectivity index (χ0v) is 12.8. The van der Waals surface area contributed by atoms with Crippen LogP contribution in [0.15, 0.2) is 48.5 Å². The highest BCUT2D eigenvalue weighted by atomic mass is 16.2. The van der Waals surface area contributed by atoms with Crippen molar-refractivity contribution in [1.82, 2.24) is 0 Å². The predicted octanol–water partition coefficient (Wildman–Crippen LogP) is 3.01. The first-order chi connectivity index (χ1) is 10.0. The maximum absolute atomic E-state index is 12.7. The minimum Gasteiger partial charge on any atom is -0.329 e. The second kappa shape index (κ2) is 6.55. The van der Waals surface area contributed by atoms with Crippen LogP contribution in [0.25, 0.3) is 0 Å². The highest BCUT2D eigenvalue weighted by molar-refractivity contribution is 5.98. The molecule has 0 aliphatic rings. The number of nitrogens with two attached hydrogens (primary N) is 1. The van der Waals surface area contributed by atoms with Crippen LogP contribution in [0.1, 0.15) is 22.6 Å². The molecule has 0 aliphatic heterocycles. The fraction of sp³-hybridized carbons (Fsp3) is 0.278. The molecule has 110 valence electrons. The van der Waals surface area contributed by atoms with Crippen molar-refractivity contribution in [2.75, 3.05) is 18.5 Å². The third kappa shape index (κ3) is 3.50. The number of carbonyl (C=O) groups excluding carboxylic acids is 1. The Balaban J connectivity index is 2.29. The van der Waals surface area contributed by atoms with E-state index in [1.807, 2.05) is 63.4 Å². The largest absolute Gasteiger partial charge is 0.329 e. The average molecular weight is 282 g/mol. The van der Waals surface area contributed by atoms with E-state index in [2.05, 4.69) is 6.07 Å². The highest BCUT2D eigenvalue weighted by Gasteiger charge is 2.23. The van der Waals surface area contributed by atoms with Gasteiger partial charge in [-0.2, -0.15) is 0 Å². The van der Waals surface area contributed by atoms with Gasteiger partial charge in [-0.15, -0.1) is 0 Å². The molecule has 0 bridgehead atoms. The lowest BCUT2D eigenvalue weighted by molar-refractivity contribution is -0.119. The second-order valence-electron chi connectivity index (χ2n) is 5.44. The quantitative estimate of drug-likeness (QED) is 0.937. The maximum atomic E-state index is 12.7. The second-order valence-corrected chi connectivity index (χ2v) is 5.44. The van der Waals surface area contributed by atoms with Gasteiger partial charge in [0.1, 0.15) is 0 Å². The summed E-state index contributed by atoms with van der Waals surface area (Å²) in [6, 6.07) is 15.8. The SMILES string of the molecule is Cc1cc(C)cc(N(C)C(=O)C(CN)c2ccccc2)c1. The number of carbonyl (C=O) groups is 1. The number of hydrogen-bond acceptors (Lipinski definition) is 2. The van der Waals surface area contributed by atoms with Crippen molar-refractivity contribution in [3.05, 3.63) is 65.2 Å². The van der Waals surface area contributed by atoms with Crippen LogP contribution < -0.4 is 10.6 Å². The Morgan fingerprint density at radius 1 is 1.10 bits per heavy atom. The summed E-state index contributed by atoms with van der Waals surface area (Å²) >= 11 is 0. The maximum Gasteiger partial charge on any atom is 0.235 e. The summed E-state index contributed by atoms with van der Waals surface area (Å²) in [6.07, 6.45) is 0. The van der Waals surface area contributed by atoms with Crippen LogP contribution in [-0.4, -0.2) is 19.5 Å². The van der Waals surface area contributed by atoms with Crippen molar-refractivity contribution in [3.63, 3.8) is 0 Å². The first-order valence-corrected chi connectivity index (χ1v) is 7.14. The number of anilines is 1. The number of amides is 1. The highest BCUT2D eigenvalue weighted by Crippen LogP contribution is 2.23. The van der Waals surface area contributed by atoms with Gasteiger partial charge in [-0.25, -0.2) is 0 Å². The van der Waals surface area contributed by atoms with Crippen LogP contribution in [0.5, 0.6) is 0 Å². The minimum absolute atomic E-state index is 0.0219. The summed E-state index contributed by atoms with van der Waals surface area (Å²) in [5.41, 5.74) is 10.00. The van der Waals surface area contributed by atoms with Crippen LogP contribution in [-0.2, 0) is 4.79 Å². The van der Waals surface area contributed by atoms with Gasteiger partial charge in [-0.05, 0) is 42.7 Å². The fourth-order valence-electron chi connectivity index (χ4n) is 2.57. The molecule has 0 fully saturated rings. The number of aryl methyl sites for hydroxylation is 2. The molecule has 0 saturated heterocycles. The molecule has 1 unspecified atom stereocenters. The zero-order chi connectivity index (χ0) is 15.4. The Kier molecular flexibility index (Phi) is 4.76. The molecule has 3 nitrogen and oxygen atoms in total. The van der Waals surface area contributed by atoms with E-state index in [1.54, 1.807) is 4.90 Å². The summed E-state index contributed by atoms with van der Waals surface area (Å²) in [6.45, 7) is 4.37. The summed E-state index contributed by atoms with van der Waals surface area (Å²) in [5, 5.41) is 0. The Morgan fingerprint density at radius 3 is 2.19 bits per heavy atom. The molecular weight excluding hydrogens is 260 g/mol. The molecule has 21 heavy (non-hydrogen) atoms. The van der Waals surface area contributed by atoms with Crippen LogP contribution in [0, 0.1) is 13.8 Å². The topological polar surface area (TPSA) is 46.3 Å². The van der Waals surface area contributed by atoms with Crippen LogP contribution in [0.3, 0.4) is 0 Å². The van der Waals surface area contributed by atoms with Gasteiger partial charge in [0.05, 0.1) is 5.92 Å². The van der Waals surface area contributed by atoms with E-state index in [-0.39, 0.29) is 11.8 Å². The molecule has 3 heteroatoms. The van der Waals surface area contributed by atoms with E-state index < -0.39 is 0 Å². The van der Waals surface area contributed by atoms with Crippen LogP contribution in [0.4, 0.5) is 5.69 Å². The third-order valence-corrected chi connectivity index (χ3v) is 3.66. The van der Waals surface area contributed by atoms with Gasteiger partial charge in [0.15, 0.2) is 0 Å². The van der Waals surface area contributed by atoms with E-state index in [0.29, 0.717) is 6.54 Å². The molecule has 0 aliphatic carbocycles. The molecular formula is C18H22N2O. The Hall–Kier alpha value is -2.13. The van der Waals surface area contributed by atoms with Crippen molar-refractivity contribution in [3.8, 4) is 0 Å². The molecule has 1 amide bonds. The summed E-state index contributed by atoms with van der Waals surface area (Å²) in [5.74, 6) is -0.286. The van der Waals surface area contributed by atoms with Gasteiger partial charge in [0, 0.05) is 19.3 Å². The van der Waals surface area contributed by atoms with Gasteiger partial charge in [0.25, 0.3) is 0 Å². The first kappa shape index (κ1) is 15.3. The van der Waals surface area contributed by atoms with E-state index in [9.17, 15) is 4.79 Å². The molecule has 0 heterocycles. The summed E-state index contributed by atoms with van der Waals surface area (Å²) < 4.78 is 0. The molecule has 2 N–H and O–H groups in total. The zero-order valence-electron chi connectivity index (χ0n) is 12.8. The van der Waals surface area contributed by atoms with Crippen LogP contribution >= 0.6 is 0 Å². The fourth-order valence-corrected chi connectivity index (χ4v) is 2.57. The molecule has 2 aromatic rings. The normalized spacial score (nSPS) is 12.0. The number of benzene rings is 2. The monoisotopic (exact) mass is 282 g/mol. The molecule has 0 aromatic heterocycles. The van der Waals surface area contributed by atoms with Gasteiger partial charge in [-0.1, -0.05) is 36.4 Å². The van der Waals surface area contributed by atoms with Crippen molar-refractivity contribution in [2.45, 2.75) is 19.8 Å². The summed E-state index contributed by atoms with van der Waals surface area (Å²) in [4.78, 5) is 14.4. The average Bonchev–Trinajstić information content (AvgIpc) is 2.47. The Bertz CT molecular complexity index is 602. The minimum atomic E-state index is -0.308. The molecule has 0 saturated carbocycles. The van der Waals surface area contributed by atoms with E-state index in [4.69, 9.17) is 5.73 Å². The van der Waals surface area contributed by atoms with E-state index in [0.717, 1.165) is 22.4 Å². The van der Waals surface area contributed by atoms with Gasteiger partial charge >= 0.3 is 0 Å². The standard InChI is InChI=1S/C18H22N2O/c1-13-9-14(2)11-16(10-13)20(3)18(21)17(12-19)15-7-5-4-6-8-15/h4-11,17H,12,19H2,1-3H3. The van der Waals surface area contributed by atoms with Crippen LogP contribution in [0.2, 0.25) is 0 Å². The Labute approximate surface area is 126 Å². The molecule has 2 rings (SSSR count). The molecule has 1 atom stereocenters.